The molecule has 4 heteroatoms. The van der Waals surface area contributed by atoms with Gasteiger partial charge in [-0.25, -0.2) is 0 Å². The van der Waals surface area contributed by atoms with Crippen LogP contribution in [0.5, 0.6) is 0 Å². The topological polar surface area (TPSA) is 28.2 Å². The second-order valence-electron chi connectivity index (χ2n) is 3.27. The van der Waals surface area contributed by atoms with Crippen molar-refractivity contribution in [3.8, 4) is 0 Å². The Hall–Kier alpha value is 2.80. The Morgan fingerprint density at radius 2 is 1.27 bits per heavy atom. The van der Waals surface area contributed by atoms with Gasteiger partial charge in [-0.2, -0.15) is 13.6 Å². The largest absolute Gasteiger partial charge is 0.662 e. The third-order valence-electron chi connectivity index (χ3n) is 2.12. The van der Waals surface area contributed by atoms with Crippen LogP contribution >= 0.6 is 0 Å². The van der Waals surface area contributed by atoms with Gasteiger partial charge in [-0.15, -0.1) is 12.1 Å². The number of hydrogen-bond donors (Lipinski definition) is 0. The Kier molecular flexibility index (Phi) is 38.7. The van der Waals surface area contributed by atoms with Crippen LogP contribution in [0.15, 0.2) is 0 Å². The first-order chi connectivity index (χ1) is 6.12. The predicted molar refractivity (Wildman–Crippen MR) is 62.7 cm³/mol. The average Bonchev–Trinajstić information content (AvgIpc) is 2.18. The summed E-state index contributed by atoms with van der Waals surface area (Å²) in [5.74, 6) is 0. The second-order valence-corrected chi connectivity index (χ2v) is 3.27. The quantitative estimate of drug-likeness (QED) is 0.436. The van der Waals surface area contributed by atoms with Gasteiger partial charge in [0.2, 0.25) is 0 Å². The summed E-state index contributed by atoms with van der Waals surface area (Å²) in [4.78, 5) is 0. The Labute approximate surface area is 169 Å². The van der Waals surface area contributed by atoms with E-state index in [4.69, 9.17) is 0 Å². The Morgan fingerprint density at radius 1 is 0.867 bits per heavy atom. The second kappa shape index (κ2) is 22.0. The van der Waals surface area contributed by atoms with Crippen LogP contribution in [0.1, 0.15) is 47.5 Å². The van der Waals surface area contributed by atoms with E-state index in [1.54, 1.807) is 0 Å². The molecule has 0 heterocycles. The molecule has 0 aliphatic rings. The minimum Gasteiger partial charge on any atom is -0.662 e. The first-order valence-corrected chi connectivity index (χ1v) is 5.37. The van der Waals surface area contributed by atoms with Gasteiger partial charge in [0.05, 0.1) is 0 Å². The molecule has 2 atom stereocenters. The van der Waals surface area contributed by atoms with E-state index in [1.165, 1.54) is 6.42 Å². The molecule has 0 aromatic heterocycles. The number of nitrogens with zero attached hydrogens (tertiary/aromatic N) is 2. The maximum atomic E-state index is 4.24. The fourth-order valence-electron chi connectivity index (χ4n) is 0.623. The van der Waals surface area contributed by atoms with Crippen molar-refractivity contribution in [1.82, 2.24) is 0 Å². The summed E-state index contributed by atoms with van der Waals surface area (Å²) in [6.07, 6.45) is 2.34. The van der Waals surface area contributed by atoms with Crippen molar-refractivity contribution in [2.75, 3.05) is 13.6 Å². The molecule has 0 aliphatic carbocycles. The van der Waals surface area contributed by atoms with E-state index in [1.807, 2.05) is 7.05 Å². The van der Waals surface area contributed by atoms with Crippen molar-refractivity contribution in [2.24, 2.45) is 0 Å². The zero-order valence-corrected chi connectivity index (χ0v) is 20.8. The molecule has 0 aliphatic heterocycles. The van der Waals surface area contributed by atoms with E-state index in [2.05, 4.69) is 45.3 Å². The normalized spacial score (nSPS) is 12.4. The SMILES string of the molecule is CCC(C)[N-]C.CC[N-]C(C)CC.[Ac].[Ac]. The van der Waals surface area contributed by atoms with Crippen molar-refractivity contribution in [2.45, 2.75) is 59.5 Å². The zero-order valence-electron chi connectivity index (χ0n) is 11.3. The van der Waals surface area contributed by atoms with Crippen LogP contribution in [-0.4, -0.2) is 25.7 Å². The molecule has 0 N–H and O–H groups in total. The molecule has 0 saturated carbocycles. The van der Waals surface area contributed by atoms with Crippen LogP contribution in [-0.2, 0) is 0 Å². The van der Waals surface area contributed by atoms with Crippen LogP contribution in [0.25, 0.3) is 10.6 Å². The van der Waals surface area contributed by atoms with Gasteiger partial charge >= 0.3 is 0 Å². The smallest absolute Gasteiger partial charge is 0 e. The standard InChI is InChI=1S/C6H14N.C5H12N.2Ac/c1-4-6(3)7-5-2;1-4-5(2)6-3;;/h6H,4-5H2,1-3H3;5H,4H2,1-3H3;;/q2*-1;;. The van der Waals surface area contributed by atoms with E-state index < -0.39 is 0 Å². The first-order valence-electron chi connectivity index (χ1n) is 5.37. The van der Waals surface area contributed by atoms with E-state index in [9.17, 15) is 0 Å². The summed E-state index contributed by atoms with van der Waals surface area (Å²) in [6, 6.07) is 1.13. The Balaban J connectivity index is -0.0000000718. The van der Waals surface area contributed by atoms with Crippen molar-refractivity contribution in [1.29, 1.82) is 0 Å². The van der Waals surface area contributed by atoms with E-state index in [0.717, 1.165) is 13.0 Å². The van der Waals surface area contributed by atoms with E-state index in [0.29, 0.717) is 12.1 Å². The predicted octanol–water partition coefficient (Wildman–Crippen LogP) is 3.97. The van der Waals surface area contributed by atoms with E-state index in [-0.39, 0.29) is 88.1 Å². The fraction of sp³-hybridized carbons (Fsp3) is 1.00. The molecule has 0 amide bonds. The molecule has 0 bridgehead atoms. The van der Waals surface area contributed by atoms with Gasteiger partial charge in [0, 0.05) is 88.1 Å². The van der Waals surface area contributed by atoms with Crippen molar-refractivity contribution in [3.05, 3.63) is 10.6 Å². The van der Waals surface area contributed by atoms with Gasteiger partial charge in [0.1, 0.15) is 0 Å². The van der Waals surface area contributed by atoms with Crippen molar-refractivity contribution in [3.63, 3.8) is 0 Å². The molecule has 2 nitrogen and oxygen atoms in total. The third-order valence-corrected chi connectivity index (χ3v) is 2.12. The Bertz CT molecular complexity index is 88.7. The molecule has 0 fully saturated rings. The summed E-state index contributed by atoms with van der Waals surface area (Å²) < 4.78 is 0. The van der Waals surface area contributed by atoms with Crippen LogP contribution < -0.4 is 0 Å². The molecular formula is C11H26Ac2N2-2. The monoisotopic (exact) mass is 640 g/mol. The maximum Gasteiger partial charge on any atom is 0 e. The van der Waals surface area contributed by atoms with Gasteiger partial charge in [0.25, 0.3) is 0 Å². The van der Waals surface area contributed by atoms with Gasteiger partial charge in [-0.1, -0.05) is 47.5 Å². The van der Waals surface area contributed by atoms with Crippen molar-refractivity contribution < 1.29 is 88.1 Å². The van der Waals surface area contributed by atoms with Crippen molar-refractivity contribution >= 4 is 0 Å². The molecule has 88 valence electrons. The number of rotatable bonds is 5. The van der Waals surface area contributed by atoms with Crippen LogP contribution in [0.3, 0.4) is 0 Å². The summed E-state index contributed by atoms with van der Waals surface area (Å²) in [5.41, 5.74) is 0. The van der Waals surface area contributed by atoms with Crippen LogP contribution in [0, 0.1) is 88.1 Å². The molecular weight excluding hydrogens is 614 g/mol. The Morgan fingerprint density at radius 3 is 1.33 bits per heavy atom. The molecule has 0 aromatic rings. The van der Waals surface area contributed by atoms with Crippen LogP contribution in [0.2, 0.25) is 0 Å². The van der Waals surface area contributed by atoms with Gasteiger partial charge in [-0.3, -0.25) is 0 Å². The summed E-state index contributed by atoms with van der Waals surface area (Å²) in [7, 11) is 1.86. The van der Waals surface area contributed by atoms with Gasteiger partial charge in [-0.05, 0) is 0 Å². The first kappa shape index (κ1) is 26.4. The van der Waals surface area contributed by atoms with Crippen LogP contribution in [0.4, 0.5) is 0 Å². The third kappa shape index (κ3) is 26.4. The molecule has 0 aromatic carbocycles. The van der Waals surface area contributed by atoms with E-state index >= 15 is 0 Å². The molecule has 15 heavy (non-hydrogen) atoms. The summed E-state index contributed by atoms with van der Waals surface area (Å²) >= 11 is 0. The molecule has 0 spiro atoms. The summed E-state index contributed by atoms with van der Waals surface area (Å²) in [6.45, 7) is 11.6. The minimum atomic E-state index is 0. The van der Waals surface area contributed by atoms with Gasteiger partial charge < -0.3 is 10.6 Å². The molecule has 2 unspecified atom stereocenters. The average molecular weight is 640 g/mol. The maximum absolute atomic E-state index is 4.24. The molecule has 2 radical (unpaired) electrons. The zero-order chi connectivity index (χ0) is 10.7. The minimum absolute atomic E-state index is 0. The summed E-state index contributed by atoms with van der Waals surface area (Å²) in [5, 5.41) is 8.25. The molecule has 0 saturated heterocycles. The fourth-order valence-corrected chi connectivity index (χ4v) is 0.623. The molecule has 0 rings (SSSR count). The van der Waals surface area contributed by atoms with Gasteiger partial charge in [0.15, 0.2) is 0 Å². The number of hydrogen-bond acceptors (Lipinski definition) is 0.